The molecule has 1 saturated heterocycles. The number of rotatable bonds is 4. The number of hydrogen-bond acceptors (Lipinski definition) is 4. The van der Waals surface area contributed by atoms with Gasteiger partial charge in [0.25, 0.3) is 0 Å². The Morgan fingerprint density at radius 2 is 2.31 bits per heavy atom. The zero-order chi connectivity index (χ0) is 11.4. The molecular weight excluding hydrogens is 246 g/mol. The number of hydrogen-bond donors (Lipinski definition) is 1. The third-order valence-corrected chi connectivity index (χ3v) is 3.99. The van der Waals surface area contributed by atoms with Crippen LogP contribution in [0.4, 0.5) is 0 Å². The number of carbonyl (C=O) groups is 1. The van der Waals surface area contributed by atoms with Crippen LogP contribution in [-0.2, 0) is 4.74 Å². The first kappa shape index (κ1) is 12.0. The highest BCUT2D eigenvalue weighted by atomic mass is 35.5. The number of thiophene rings is 1. The van der Waals surface area contributed by atoms with E-state index in [1.807, 2.05) is 5.38 Å². The van der Waals surface area contributed by atoms with E-state index in [0.717, 1.165) is 25.9 Å². The molecule has 1 fully saturated rings. The van der Waals surface area contributed by atoms with Crippen molar-refractivity contribution in [2.45, 2.75) is 18.9 Å². The average molecular weight is 260 g/mol. The van der Waals surface area contributed by atoms with Crippen molar-refractivity contribution in [2.24, 2.45) is 0 Å². The van der Waals surface area contributed by atoms with Crippen molar-refractivity contribution in [3.8, 4) is 0 Å². The molecule has 16 heavy (non-hydrogen) atoms. The predicted octanol–water partition coefficient (Wildman–Crippen LogP) is 2.35. The van der Waals surface area contributed by atoms with E-state index in [9.17, 15) is 4.79 Å². The molecule has 0 amide bonds. The lowest BCUT2D eigenvalue weighted by molar-refractivity contribution is 0.0320. The smallest absolute Gasteiger partial charge is 0.199 e. The Kier molecular flexibility index (Phi) is 4.35. The van der Waals surface area contributed by atoms with Gasteiger partial charge in [-0.1, -0.05) is 11.6 Å². The second-order valence-electron chi connectivity index (χ2n) is 3.78. The molecule has 2 heterocycles. The highest BCUT2D eigenvalue weighted by Crippen LogP contribution is 2.22. The molecule has 5 heteroatoms. The molecule has 1 aliphatic heterocycles. The Bertz CT molecular complexity index is 361. The minimum Gasteiger partial charge on any atom is -0.370 e. The van der Waals surface area contributed by atoms with Gasteiger partial charge in [-0.3, -0.25) is 4.79 Å². The van der Waals surface area contributed by atoms with Gasteiger partial charge in [0.05, 0.1) is 16.0 Å². The maximum Gasteiger partial charge on any atom is 0.199 e. The van der Waals surface area contributed by atoms with Crippen molar-refractivity contribution in [3.05, 3.63) is 21.3 Å². The fourth-order valence-corrected chi connectivity index (χ4v) is 2.80. The summed E-state index contributed by atoms with van der Waals surface area (Å²) in [5.41, 5.74) is 0. The molecule has 0 unspecified atom stereocenters. The van der Waals surface area contributed by atoms with E-state index in [2.05, 4.69) is 5.32 Å². The lowest BCUT2D eigenvalue weighted by atomic mass is 10.1. The zero-order valence-electron chi connectivity index (χ0n) is 8.87. The second kappa shape index (κ2) is 5.77. The molecule has 0 aromatic carbocycles. The van der Waals surface area contributed by atoms with Gasteiger partial charge in [0.15, 0.2) is 5.78 Å². The van der Waals surface area contributed by atoms with Crippen LogP contribution in [0.15, 0.2) is 11.4 Å². The van der Waals surface area contributed by atoms with Crippen molar-refractivity contribution in [2.75, 3.05) is 19.7 Å². The van der Waals surface area contributed by atoms with E-state index >= 15 is 0 Å². The normalized spacial score (nSPS) is 17.6. The number of piperidine rings is 1. The maximum absolute atomic E-state index is 11.8. The van der Waals surface area contributed by atoms with Crippen molar-refractivity contribution >= 4 is 28.7 Å². The van der Waals surface area contributed by atoms with Gasteiger partial charge in [-0.05, 0) is 37.4 Å². The highest BCUT2D eigenvalue weighted by Gasteiger charge is 2.17. The van der Waals surface area contributed by atoms with Crippen molar-refractivity contribution in [1.29, 1.82) is 0 Å². The van der Waals surface area contributed by atoms with Gasteiger partial charge in [0.2, 0.25) is 0 Å². The molecule has 0 saturated carbocycles. The first-order valence-corrected chi connectivity index (χ1v) is 6.61. The summed E-state index contributed by atoms with van der Waals surface area (Å²) in [6.45, 7) is 2.09. The lowest BCUT2D eigenvalue weighted by Gasteiger charge is -2.22. The van der Waals surface area contributed by atoms with Crippen LogP contribution in [0.25, 0.3) is 0 Å². The number of ether oxygens (including phenoxy) is 1. The van der Waals surface area contributed by atoms with Crippen LogP contribution >= 0.6 is 22.9 Å². The van der Waals surface area contributed by atoms with Crippen LogP contribution in [0.1, 0.15) is 22.5 Å². The lowest BCUT2D eigenvalue weighted by Crippen LogP contribution is -2.33. The third-order valence-electron chi connectivity index (χ3n) is 2.61. The molecule has 1 aromatic rings. The summed E-state index contributed by atoms with van der Waals surface area (Å²) in [4.78, 5) is 12.4. The molecule has 0 atom stereocenters. The standard InChI is InChI=1S/C11H14ClNO2S/c12-9-3-6-16-11(9)10(14)7-15-8-1-4-13-5-2-8/h3,6,8,13H,1-2,4-5,7H2. The van der Waals surface area contributed by atoms with Gasteiger partial charge in [-0.25, -0.2) is 0 Å². The summed E-state index contributed by atoms with van der Waals surface area (Å²) < 4.78 is 5.58. The topological polar surface area (TPSA) is 38.3 Å². The van der Waals surface area contributed by atoms with Crippen LogP contribution in [-0.4, -0.2) is 31.6 Å². The Labute approximate surface area is 104 Å². The van der Waals surface area contributed by atoms with E-state index < -0.39 is 0 Å². The minimum absolute atomic E-state index is 0.0152. The van der Waals surface area contributed by atoms with E-state index in [1.54, 1.807) is 6.07 Å². The molecule has 0 bridgehead atoms. The summed E-state index contributed by atoms with van der Waals surface area (Å²) in [6.07, 6.45) is 2.17. The number of ketones is 1. The molecule has 1 aliphatic rings. The first-order valence-electron chi connectivity index (χ1n) is 5.36. The quantitative estimate of drug-likeness (QED) is 0.844. The summed E-state index contributed by atoms with van der Waals surface area (Å²) in [5.74, 6) is -0.0152. The summed E-state index contributed by atoms with van der Waals surface area (Å²) >= 11 is 7.25. The van der Waals surface area contributed by atoms with E-state index in [0.29, 0.717) is 9.90 Å². The van der Waals surface area contributed by atoms with E-state index in [4.69, 9.17) is 16.3 Å². The molecule has 0 radical (unpaired) electrons. The Morgan fingerprint density at radius 1 is 1.56 bits per heavy atom. The van der Waals surface area contributed by atoms with E-state index in [-0.39, 0.29) is 18.5 Å². The number of carbonyl (C=O) groups excluding carboxylic acids is 1. The van der Waals surface area contributed by atoms with Gasteiger partial charge in [-0.15, -0.1) is 11.3 Å². The van der Waals surface area contributed by atoms with Crippen molar-refractivity contribution in [1.82, 2.24) is 5.32 Å². The monoisotopic (exact) mass is 259 g/mol. The SMILES string of the molecule is O=C(COC1CCNCC1)c1sccc1Cl. The number of nitrogens with one attached hydrogen (secondary N) is 1. The number of Topliss-reactive ketones (excluding diaryl/α,β-unsaturated/α-hetero) is 1. The molecule has 88 valence electrons. The first-order chi connectivity index (χ1) is 7.77. The van der Waals surface area contributed by atoms with Crippen LogP contribution in [0.3, 0.4) is 0 Å². The maximum atomic E-state index is 11.8. The van der Waals surface area contributed by atoms with Gasteiger partial charge in [0.1, 0.15) is 6.61 Å². The largest absolute Gasteiger partial charge is 0.370 e. The second-order valence-corrected chi connectivity index (χ2v) is 5.10. The molecule has 2 rings (SSSR count). The van der Waals surface area contributed by atoms with Crippen LogP contribution in [0, 0.1) is 0 Å². The minimum atomic E-state index is -0.0152. The summed E-state index contributed by atoms with van der Waals surface area (Å²) in [6, 6.07) is 1.74. The van der Waals surface area contributed by atoms with Crippen LogP contribution < -0.4 is 5.32 Å². The van der Waals surface area contributed by atoms with Crippen LogP contribution in [0.5, 0.6) is 0 Å². The molecule has 0 spiro atoms. The molecule has 1 aromatic heterocycles. The van der Waals surface area contributed by atoms with Gasteiger partial charge < -0.3 is 10.1 Å². The van der Waals surface area contributed by atoms with Crippen LogP contribution in [0.2, 0.25) is 5.02 Å². The van der Waals surface area contributed by atoms with Crippen molar-refractivity contribution < 1.29 is 9.53 Å². The Hall–Kier alpha value is -0.420. The molecular formula is C11H14ClNO2S. The van der Waals surface area contributed by atoms with E-state index in [1.165, 1.54) is 11.3 Å². The zero-order valence-corrected chi connectivity index (χ0v) is 10.4. The number of halogens is 1. The Morgan fingerprint density at radius 3 is 2.94 bits per heavy atom. The summed E-state index contributed by atoms with van der Waals surface area (Å²) in [7, 11) is 0. The van der Waals surface area contributed by atoms with Gasteiger partial charge >= 0.3 is 0 Å². The van der Waals surface area contributed by atoms with Crippen molar-refractivity contribution in [3.63, 3.8) is 0 Å². The van der Waals surface area contributed by atoms with Gasteiger partial charge in [0, 0.05) is 0 Å². The average Bonchev–Trinajstić information content (AvgIpc) is 2.74. The summed E-state index contributed by atoms with van der Waals surface area (Å²) in [5, 5.41) is 5.61. The van der Waals surface area contributed by atoms with Gasteiger partial charge in [-0.2, -0.15) is 0 Å². The molecule has 1 N–H and O–H groups in total. The molecule has 3 nitrogen and oxygen atoms in total. The third kappa shape index (κ3) is 3.04. The molecule has 0 aliphatic carbocycles. The Balaban J connectivity index is 1.81. The fourth-order valence-electron chi connectivity index (χ4n) is 1.71. The predicted molar refractivity (Wildman–Crippen MR) is 65.5 cm³/mol. The fraction of sp³-hybridized carbons (Fsp3) is 0.545. The highest BCUT2D eigenvalue weighted by molar-refractivity contribution is 7.12.